The first kappa shape index (κ1) is 14.5. The molecule has 2 rings (SSSR count). The number of rotatable bonds is 2. The molecular formula is C11H7F4N3OS. The monoisotopic (exact) mass is 305 g/mol. The van der Waals surface area contributed by atoms with Crippen LogP contribution in [0.1, 0.15) is 11.1 Å². The molecule has 1 amide bonds. The molecule has 1 saturated heterocycles. The van der Waals surface area contributed by atoms with Gasteiger partial charge in [-0.15, -0.1) is 5.10 Å². The van der Waals surface area contributed by atoms with Crippen molar-refractivity contribution in [3.8, 4) is 0 Å². The van der Waals surface area contributed by atoms with Crippen LogP contribution in [0.15, 0.2) is 28.4 Å². The summed E-state index contributed by atoms with van der Waals surface area (Å²) in [5, 5.41) is 9.79. The fourth-order valence-corrected chi connectivity index (χ4v) is 1.96. The highest BCUT2D eigenvalue weighted by molar-refractivity contribution is 8.15. The van der Waals surface area contributed by atoms with E-state index in [4.69, 9.17) is 0 Å². The fourth-order valence-electron chi connectivity index (χ4n) is 1.33. The second-order valence-electron chi connectivity index (χ2n) is 3.72. The van der Waals surface area contributed by atoms with Gasteiger partial charge in [-0.2, -0.15) is 18.3 Å². The summed E-state index contributed by atoms with van der Waals surface area (Å²) in [6, 6.07) is 2.10. The summed E-state index contributed by atoms with van der Waals surface area (Å²) in [6.07, 6.45) is -3.62. The lowest BCUT2D eigenvalue weighted by Gasteiger charge is -2.06. The van der Waals surface area contributed by atoms with Gasteiger partial charge >= 0.3 is 6.18 Å². The SMILES string of the molecule is O=C1CSC(=NN=Cc2ccc(C(F)(F)F)cc2F)N1. The predicted octanol–water partition coefficient (Wildman–Crippen LogP) is 2.40. The topological polar surface area (TPSA) is 53.8 Å². The van der Waals surface area contributed by atoms with Crippen molar-refractivity contribution in [1.29, 1.82) is 0 Å². The molecular weight excluding hydrogens is 298 g/mol. The number of carbonyl (C=O) groups is 1. The van der Waals surface area contributed by atoms with Gasteiger partial charge in [0.25, 0.3) is 0 Å². The minimum absolute atomic E-state index is 0.128. The molecule has 0 saturated carbocycles. The molecule has 1 aromatic carbocycles. The maximum atomic E-state index is 13.4. The molecule has 1 N–H and O–H groups in total. The molecule has 0 bridgehead atoms. The second kappa shape index (κ2) is 5.61. The van der Waals surface area contributed by atoms with Gasteiger partial charge in [0, 0.05) is 5.56 Å². The Labute approximate surface area is 115 Å². The van der Waals surface area contributed by atoms with Crippen molar-refractivity contribution in [1.82, 2.24) is 5.32 Å². The number of benzene rings is 1. The molecule has 1 fully saturated rings. The zero-order valence-corrected chi connectivity index (χ0v) is 10.6. The van der Waals surface area contributed by atoms with Gasteiger partial charge in [0.05, 0.1) is 17.5 Å². The van der Waals surface area contributed by atoms with E-state index in [1.807, 2.05) is 0 Å². The van der Waals surface area contributed by atoms with E-state index in [9.17, 15) is 22.4 Å². The van der Waals surface area contributed by atoms with Crippen LogP contribution in [0.5, 0.6) is 0 Å². The average Bonchev–Trinajstić information content (AvgIpc) is 2.76. The molecule has 20 heavy (non-hydrogen) atoms. The number of alkyl halides is 3. The van der Waals surface area contributed by atoms with Gasteiger partial charge in [-0.05, 0) is 18.2 Å². The number of amides is 1. The van der Waals surface area contributed by atoms with Crippen LogP contribution in [0.25, 0.3) is 0 Å². The zero-order valence-electron chi connectivity index (χ0n) is 9.74. The third-order valence-electron chi connectivity index (χ3n) is 2.26. The van der Waals surface area contributed by atoms with Gasteiger partial charge in [-0.25, -0.2) is 4.39 Å². The van der Waals surface area contributed by atoms with Crippen molar-refractivity contribution in [3.05, 3.63) is 35.1 Å². The van der Waals surface area contributed by atoms with Gasteiger partial charge in [0.1, 0.15) is 5.82 Å². The summed E-state index contributed by atoms with van der Waals surface area (Å²) in [5.41, 5.74) is -1.20. The minimum Gasteiger partial charge on any atom is -0.303 e. The highest BCUT2D eigenvalue weighted by Gasteiger charge is 2.31. The molecule has 9 heteroatoms. The second-order valence-corrected chi connectivity index (χ2v) is 4.68. The van der Waals surface area contributed by atoms with E-state index in [-0.39, 0.29) is 22.4 Å². The molecule has 1 aliphatic rings. The summed E-state index contributed by atoms with van der Waals surface area (Å²) in [6.45, 7) is 0. The average molecular weight is 305 g/mol. The van der Waals surface area contributed by atoms with Gasteiger partial charge in [0.2, 0.25) is 5.91 Å². The lowest BCUT2D eigenvalue weighted by atomic mass is 10.1. The van der Waals surface area contributed by atoms with Crippen molar-refractivity contribution in [2.75, 3.05) is 5.75 Å². The number of nitrogens with one attached hydrogen (secondary N) is 1. The van der Waals surface area contributed by atoms with Gasteiger partial charge < -0.3 is 5.32 Å². The van der Waals surface area contributed by atoms with Gasteiger partial charge in [0.15, 0.2) is 5.17 Å². The summed E-state index contributed by atoms with van der Waals surface area (Å²) >= 11 is 1.13. The van der Waals surface area contributed by atoms with Crippen LogP contribution in [0.2, 0.25) is 0 Å². The van der Waals surface area contributed by atoms with E-state index < -0.39 is 17.6 Å². The number of nitrogens with zero attached hydrogens (tertiary/aromatic N) is 2. The molecule has 0 atom stereocenters. The summed E-state index contributed by atoms with van der Waals surface area (Å²) in [4.78, 5) is 10.8. The van der Waals surface area contributed by atoms with Crippen LogP contribution >= 0.6 is 11.8 Å². The lowest BCUT2D eigenvalue weighted by Crippen LogP contribution is -2.19. The normalized spacial score (nSPS) is 18.0. The molecule has 1 heterocycles. The molecule has 0 radical (unpaired) electrons. The van der Waals surface area contributed by atoms with Crippen molar-refractivity contribution < 1.29 is 22.4 Å². The van der Waals surface area contributed by atoms with Crippen LogP contribution in [0, 0.1) is 5.82 Å². The van der Waals surface area contributed by atoms with Crippen molar-refractivity contribution in [3.63, 3.8) is 0 Å². The molecule has 0 unspecified atom stereocenters. The number of carbonyl (C=O) groups excluding carboxylic acids is 1. The first-order chi connectivity index (χ1) is 9.36. The molecule has 4 nitrogen and oxygen atoms in total. The lowest BCUT2D eigenvalue weighted by molar-refractivity contribution is -0.137. The Kier molecular flexibility index (Phi) is 4.07. The minimum atomic E-state index is -4.60. The third kappa shape index (κ3) is 3.56. The Balaban J connectivity index is 2.12. The predicted molar refractivity (Wildman–Crippen MR) is 67.0 cm³/mol. The van der Waals surface area contributed by atoms with E-state index in [0.29, 0.717) is 6.07 Å². The Hall–Kier alpha value is -1.90. The van der Waals surface area contributed by atoms with Crippen molar-refractivity contribution in [2.45, 2.75) is 6.18 Å². The van der Waals surface area contributed by atoms with Gasteiger partial charge in [-0.3, -0.25) is 4.79 Å². The standard InChI is InChI=1S/C11H7F4N3OS/c12-8-3-7(11(13,14)15)2-1-6(8)4-16-18-10-17-9(19)5-20-10/h1-4H,5H2,(H,17,18,19). The first-order valence-electron chi connectivity index (χ1n) is 5.26. The highest BCUT2D eigenvalue weighted by atomic mass is 32.2. The number of hydrogen-bond donors (Lipinski definition) is 1. The fraction of sp³-hybridized carbons (Fsp3) is 0.182. The molecule has 0 aromatic heterocycles. The first-order valence-corrected chi connectivity index (χ1v) is 6.25. The van der Waals surface area contributed by atoms with E-state index in [0.717, 1.165) is 30.1 Å². The molecule has 106 valence electrons. The number of thioether (sulfide) groups is 1. The molecule has 0 aliphatic carbocycles. The van der Waals surface area contributed by atoms with Crippen molar-refractivity contribution >= 4 is 29.1 Å². The highest BCUT2D eigenvalue weighted by Crippen LogP contribution is 2.29. The summed E-state index contributed by atoms with van der Waals surface area (Å²) < 4.78 is 50.4. The van der Waals surface area contributed by atoms with E-state index >= 15 is 0 Å². The Morgan fingerprint density at radius 1 is 1.35 bits per heavy atom. The van der Waals surface area contributed by atoms with Gasteiger partial charge in [-0.1, -0.05) is 11.8 Å². The van der Waals surface area contributed by atoms with Crippen molar-refractivity contribution in [2.24, 2.45) is 10.2 Å². The van der Waals surface area contributed by atoms with Crippen LogP contribution < -0.4 is 5.32 Å². The third-order valence-corrected chi connectivity index (χ3v) is 3.12. The maximum Gasteiger partial charge on any atom is 0.416 e. The smallest absolute Gasteiger partial charge is 0.303 e. The van der Waals surface area contributed by atoms with E-state index in [1.165, 1.54) is 0 Å². The van der Waals surface area contributed by atoms with Crippen LogP contribution in [-0.4, -0.2) is 23.0 Å². The Morgan fingerprint density at radius 3 is 2.65 bits per heavy atom. The largest absolute Gasteiger partial charge is 0.416 e. The molecule has 1 aliphatic heterocycles. The maximum absolute atomic E-state index is 13.4. The summed E-state index contributed by atoms with van der Waals surface area (Å²) in [7, 11) is 0. The van der Waals surface area contributed by atoms with Crippen LogP contribution in [0.4, 0.5) is 17.6 Å². The Morgan fingerprint density at radius 2 is 2.10 bits per heavy atom. The van der Waals surface area contributed by atoms with E-state index in [1.54, 1.807) is 0 Å². The molecule has 1 aromatic rings. The Bertz CT molecular complexity index is 598. The number of halogens is 4. The zero-order chi connectivity index (χ0) is 14.8. The summed E-state index contributed by atoms with van der Waals surface area (Å²) in [5.74, 6) is -1.04. The van der Waals surface area contributed by atoms with Crippen LogP contribution in [0.3, 0.4) is 0 Å². The number of hydrogen-bond acceptors (Lipinski definition) is 4. The van der Waals surface area contributed by atoms with Crippen LogP contribution in [-0.2, 0) is 11.0 Å². The molecule has 0 spiro atoms. The van der Waals surface area contributed by atoms with E-state index in [2.05, 4.69) is 15.5 Å². The number of amidine groups is 1. The quantitative estimate of drug-likeness (QED) is 0.518.